The number of hydrogen-bond donors (Lipinski definition) is 1. The predicted molar refractivity (Wildman–Crippen MR) is 65.5 cm³/mol. The lowest BCUT2D eigenvalue weighted by Gasteiger charge is -2.09. The number of aliphatic hydroxyl groups is 1. The van der Waals surface area contributed by atoms with Gasteiger partial charge < -0.3 is 5.11 Å². The summed E-state index contributed by atoms with van der Waals surface area (Å²) in [4.78, 5) is 0. The van der Waals surface area contributed by atoms with Crippen molar-refractivity contribution in [3.05, 3.63) is 34.9 Å². The maximum absolute atomic E-state index is 10.9. The fraction of sp³-hybridized carbons (Fsp3) is 0.455. The fourth-order valence-electron chi connectivity index (χ4n) is 1.39. The van der Waals surface area contributed by atoms with E-state index in [0.717, 1.165) is 5.56 Å². The first-order valence-electron chi connectivity index (χ1n) is 4.97. The molecule has 1 aromatic rings. The first-order valence-corrected chi connectivity index (χ1v) is 7.41. The monoisotopic (exact) mass is 262 g/mol. The Labute approximate surface area is 101 Å². The Morgan fingerprint density at radius 1 is 1.44 bits per heavy atom. The SMILES string of the molecule is CS(=O)(=O)CCC(O)Cc1cccc(Cl)c1. The van der Waals surface area contributed by atoms with Gasteiger partial charge in [0.15, 0.2) is 0 Å². The topological polar surface area (TPSA) is 54.4 Å². The molecule has 0 fully saturated rings. The minimum Gasteiger partial charge on any atom is -0.393 e. The van der Waals surface area contributed by atoms with Crippen LogP contribution in [0.4, 0.5) is 0 Å². The molecule has 0 saturated heterocycles. The first-order chi connectivity index (χ1) is 7.37. The van der Waals surface area contributed by atoms with Crippen LogP contribution in [0, 0.1) is 0 Å². The van der Waals surface area contributed by atoms with Gasteiger partial charge in [-0.15, -0.1) is 0 Å². The summed E-state index contributed by atoms with van der Waals surface area (Å²) in [5, 5.41) is 10.3. The molecular formula is C11H15ClO3S. The molecule has 0 aliphatic rings. The zero-order valence-corrected chi connectivity index (χ0v) is 10.6. The molecule has 0 aliphatic carbocycles. The van der Waals surface area contributed by atoms with E-state index in [-0.39, 0.29) is 12.2 Å². The number of benzene rings is 1. The summed E-state index contributed by atoms with van der Waals surface area (Å²) in [7, 11) is -3.01. The molecule has 1 atom stereocenters. The molecule has 0 saturated carbocycles. The molecule has 1 aromatic carbocycles. The second-order valence-corrected chi connectivity index (χ2v) is 6.60. The van der Waals surface area contributed by atoms with Gasteiger partial charge in [-0.3, -0.25) is 0 Å². The summed E-state index contributed by atoms with van der Waals surface area (Å²) in [6.45, 7) is 0. The molecule has 90 valence electrons. The van der Waals surface area contributed by atoms with Crippen LogP contribution in [0.2, 0.25) is 5.02 Å². The zero-order valence-electron chi connectivity index (χ0n) is 9.06. The third-order valence-electron chi connectivity index (χ3n) is 2.18. The molecule has 0 aliphatic heterocycles. The molecule has 1 unspecified atom stereocenters. The normalized spacial score (nSPS) is 13.7. The molecule has 3 nitrogen and oxygen atoms in total. The van der Waals surface area contributed by atoms with Crippen molar-refractivity contribution in [3.63, 3.8) is 0 Å². The van der Waals surface area contributed by atoms with E-state index in [9.17, 15) is 13.5 Å². The highest BCUT2D eigenvalue weighted by Crippen LogP contribution is 2.13. The lowest BCUT2D eigenvalue weighted by molar-refractivity contribution is 0.171. The third-order valence-corrected chi connectivity index (χ3v) is 3.39. The summed E-state index contributed by atoms with van der Waals surface area (Å²) in [6, 6.07) is 7.19. The van der Waals surface area contributed by atoms with Gasteiger partial charge in [-0.25, -0.2) is 8.42 Å². The Kier molecular flexibility index (Phi) is 4.77. The molecule has 5 heteroatoms. The average molecular weight is 263 g/mol. The van der Waals surface area contributed by atoms with Crippen LogP contribution in [-0.2, 0) is 16.3 Å². The molecule has 1 N–H and O–H groups in total. The first kappa shape index (κ1) is 13.5. The van der Waals surface area contributed by atoms with E-state index in [0.29, 0.717) is 11.4 Å². The molecule has 1 rings (SSSR count). The van der Waals surface area contributed by atoms with Crippen molar-refractivity contribution in [3.8, 4) is 0 Å². The zero-order chi connectivity index (χ0) is 12.2. The fourth-order valence-corrected chi connectivity index (χ4v) is 2.30. The molecule has 0 bridgehead atoms. The highest BCUT2D eigenvalue weighted by molar-refractivity contribution is 7.90. The second-order valence-electron chi connectivity index (χ2n) is 3.91. The lowest BCUT2D eigenvalue weighted by atomic mass is 10.1. The smallest absolute Gasteiger partial charge is 0.147 e. The van der Waals surface area contributed by atoms with E-state index >= 15 is 0 Å². The Morgan fingerprint density at radius 2 is 2.12 bits per heavy atom. The van der Waals surface area contributed by atoms with Gasteiger partial charge in [-0.2, -0.15) is 0 Å². The summed E-state index contributed by atoms with van der Waals surface area (Å²) in [5.41, 5.74) is 0.911. The van der Waals surface area contributed by atoms with Crippen molar-refractivity contribution < 1.29 is 13.5 Å². The number of halogens is 1. The Balaban J connectivity index is 2.49. The van der Waals surface area contributed by atoms with Crippen LogP contribution in [0.1, 0.15) is 12.0 Å². The number of aliphatic hydroxyl groups excluding tert-OH is 1. The molecule has 0 spiro atoms. The van der Waals surface area contributed by atoms with Crippen LogP contribution in [0.3, 0.4) is 0 Å². The maximum Gasteiger partial charge on any atom is 0.147 e. The van der Waals surface area contributed by atoms with Crippen LogP contribution in [0.25, 0.3) is 0 Å². The van der Waals surface area contributed by atoms with E-state index in [1.807, 2.05) is 6.07 Å². The van der Waals surface area contributed by atoms with Crippen LogP contribution < -0.4 is 0 Å². The van der Waals surface area contributed by atoms with E-state index in [1.165, 1.54) is 6.26 Å². The minimum atomic E-state index is -3.01. The van der Waals surface area contributed by atoms with Gasteiger partial charge in [-0.1, -0.05) is 23.7 Å². The van der Waals surface area contributed by atoms with Gasteiger partial charge in [-0.05, 0) is 30.5 Å². The second kappa shape index (κ2) is 5.66. The van der Waals surface area contributed by atoms with Gasteiger partial charge in [0.05, 0.1) is 11.9 Å². The summed E-state index contributed by atoms with van der Waals surface area (Å²) < 4.78 is 21.8. The number of hydrogen-bond acceptors (Lipinski definition) is 3. The molecular weight excluding hydrogens is 248 g/mol. The Hall–Kier alpha value is -0.580. The van der Waals surface area contributed by atoms with Gasteiger partial charge in [0.2, 0.25) is 0 Å². The van der Waals surface area contributed by atoms with Gasteiger partial charge >= 0.3 is 0 Å². The van der Waals surface area contributed by atoms with Crippen molar-refractivity contribution in [2.75, 3.05) is 12.0 Å². The van der Waals surface area contributed by atoms with Gasteiger partial charge in [0.25, 0.3) is 0 Å². The predicted octanol–water partition coefficient (Wildman–Crippen LogP) is 1.68. The van der Waals surface area contributed by atoms with Crippen LogP contribution >= 0.6 is 11.6 Å². The van der Waals surface area contributed by atoms with Gasteiger partial charge in [0.1, 0.15) is 9.84 Å². The summed E-state index contributed by atoms with van der Waals surface area (Å²) in [6.07, 6.45) is 1.20. The number of sulfone groups is 1. The Morgan fingerprint density at radius 3 is 2.69 bits per heavy atom. The molecule has 16 heavy (non-hydrogen) atoms. The molecule has 0 radical (unpaired) electrons. The summed E-state index contributed by atoms with van der Waals surface area (Å²) in [5.74, 6) is 0.00866. The van der Waals surface area contributed by atoms with E-state index in [1.54, 1.807) is 18.2 Å². The van der Waals surface area contributed by atoms with E-state index < -0.39 is 15.9 Å². The Bertz CT molecular complexity index is 442. The van der Waals surface area contributed by atoms with Crippen molar-refractivity contribution in [2.24, 2.45) is 0 Å². The minimum absolute atomic E-state index is 0.00866. The van der Waals surface area contributed by atoms with Crippen LogP contribution in [-0.4, -0.2) is 31.6 Å². The standard InChI is InChI=1S/C11H15ClO3S/c1-16(14,15)6-5-11(13)8-9-3-2-4-10(12)7-9/h2-4,7,11,13H,5-6,8H2,1H3. The highest BCUT2D eigenvalue weighted by Gasteiger charge is 2.10. The average Bonchev–Trinajstić information content (AvgIpc) is 2.14. The van der Waals surface area contributed by atoms with E-state index in [2.05, 4.69) is 0 Å². The van der Waals surface area contributed by atoms with Crippen molar-refractivity contribution in [1.82, 2.24) is 0 Å². The van der Waals surface area contributed by atoms with Crippen LogP contribution in [0.15, 0.2) is 24.3 Å². The molecule has 0 amide bonds. The van der Waals surface area contributed by atoms with Crippen molar-refractivity contribution in [1.29, 1.82) is 0 Å². The molecule has 0 heterocycles. The van der Waals surface area contributed by atoms with Gasteiger partial charge in [0, 0.05) is 11.3 Å². The summed E-state index contributed by atoms with van der Waals surface area (Å²) >= 11 is 5.80. The largest absolute Gasteiger partial charge is 0.393 e. The maximum atomic E-state index is 10.9. The van der Waals surface area contributed by atoms with Crippen LogP contribution in [0.5, 0.6) is 0 Å². The third kappa shape index (κ3) is 5.49. The number of rotatable bonds is 5. The van der Waals surface area contributed by atoms with Crippen molar-refractivity contribution in [2.45, 2.75) is 18.9 Å². The highest BCUT2D eigenvalue weighted by atomic mass is 35.5. The van der Waals surface area contributed by atoms with E-state index in [4.69, 9.17) is 11.6 Å². The quantitative estimate of drug-likeness (QED) is 0.878. The molecule has 0 aromatic heterocycles. The lowest BCUT2D eigenvalue weighted by Crippen LogP contribution is -2.16. The van der Waals surface area contributed by atoms with Crippen molar-refractivity contribution >= 4 is 21.4 Å².